The Labute approximate surface area is 167 Å². The van der Waals surface area contributed by atoms with Crippen LogP contribution in [0.3, 0.4) is 0 Å². The Morgan fingerprint density at radius 3 is 2.42 bits per heavy atom. The number of rotatable bonds is 6. The maximum atomic E-state index is 12.7. The molecule has 26 heavy (non-hydrogen) atoms. The van der Waals surface area contributed by atoms with Crippen LogP contribution in [0.2, 0.25) is 0 Å². The van der Waals surface area contributed by atoms with Crippen molar-refractivity contribution >= 4 is 29.9 Å². The summed E-state index contributed by atoms with van der Waals surface area (Å²) in [5, 5.41) is 2.95. The van der Waals surface area contributed by atoms with Crippen molar-refractivity contribution in [2.24, 2.45) is 10.7 Å². The first kappa shape index (κ1) is 22.1. The molecule has 2 aromatic carbocycles. The number of hydrogen-bond donors (Lipinski definition) is 2. The fourth-order valence-corrected chi connectivity index (χ4v) is 2.21. The SMILES string of the molecule is COc1ccc(CCNC(N)=NCc2cccc(C(F)(F)F)c2)cc1.I. The molecule has 0 bridgehead atoms. The first-order valence-corrected chi connectivity index (χ1v) is 7.71. The number of methoxy groups -OCH3 is 1. The highest BCUT2D eigenvalue weighted by Gasteiger charge is 2.30. The average molecular weight is 479 g/mol. The van der Waals surface area contributed by atoms with Crippen LogP contribution >= 0.6 is 24.0 Å². The zero-order valence-electron chi connectivity index (χ0n) is 14.2. The lowest BCUT2D eigenvalue weighted by molar-refractivity contribution is -0.137. The fourth-order valence-electron chi connectivity index (χ4n) is 2.21. The van der Waals surface area contributed by atoms with Gasteiger partial charge in [-0.2, -0.15) is 13.2 Å². The molecule has 0 amide bonds. The molecule has 0 saturated heterocycles. The maximum Gasteiger partial charge on any atom is 0.416 e. The van der Waals surface area contributed by atoms with E-state index in [2.05, 4.69) is 10.3 Å². The van der Waals surface area contributed by atoms with E-state index in [9.17, 15) is 13.2 Å². The minimum atomic E-state index is -4.36. The summed E-state index contributed by atoms with van der Waals surface area (Å²) in [4.78, 5) is 4.07. The second-order valence-electron chi connectivity index (χ2n) is 5.42. The van der Waals surface area contributed by atoms with Crippen LogP contribution in [0.5, 0.6) is 5.75 Å². The van der Waals surface area contributed by atoms with Crippen LogP contribution in [0, 0.1) is 0 Å². The van der Waals surface area contributed by atoms with Gasteiger partial charge in [0.25, 0.3) is 0 Å². The quantitative estimate of drug-likeness (QED) is 0.375. The third-order valence-corrected chi connectivity index (χ3v) is 3.57. The molecule has 142 valence electrons. The van der Waals surface area contributed by atoms with Gasteiger partial charge in [0.1, 0.15) is 5.75 Å². The molecule has 2 aromatic rings. The fraction of sp³-hybridized carbons (Fsp3) is 0.278. The van der Waals surface area contributed by atoms with Gasteiger partial charge in [-0.25, -0.2) is 4.99 Å². The minimum Gasteiger partial charge on any atom is -0.497 e. The maximum absolute atomic E-state index is 12.7. The number of halogens is 4. The molecule has 0 aliphatic carbocycles. The highest BCUT2D eigenvalue weighted by atomic mass is 127. The van der Waals surface area contributed by atoms with Crippen molar-refractivity contribution in [1.82, 2.24) is 5.32 Å². The summed E-state index contributed by atoms with van der Waals surface area (Å²) in [5.74, 6) is 0.991. The summed E-state index contributed by atoms with van der Waals surface area (Å²) in [6.07, 6.45) is -3.62. The van der Waals surface area contributed by atoms with Gasteiger partial charge in [0.15, 0.2) is 5.96 Å². The monoisotopic (exact) mass is 479 g/mol. The molecule has 0 unspecified atom stereocenters. The summed E-state index contributed by atoms with van der Waals surface area (Å²) in [6, 6.07) is 12.7. The van der Waals surface area contributed by atoms with Crippen molar-refractivity contribution in [3.05, 3.63) is 65.2 Å². The molecule has 0 fully saturated rings. The molecule has 0 atom stereocenters. The summed E-state index contributed by atoms with van der Waals surface area (Å²) in [7, 11) is 1.61. The topological polar surface area (TPSA) is 59.6 Å². The zero-order chi connectivity index (χ0) is 18.3. The van der Waals surface area contributed by atoms with Crippen LogP contribution in [0.1, 0.15) is 16.7 Å². The lowest BCUT2D eigenvalue weighted by atomic mass is 10.1. The molecule has 0 aliphatic rings. The molecule has 4 nitrogen and oxygen atoms in total. The number of guanidine groups is 1. The van der Waals surface area contributed by atoms with Gasteiger partial charge in [-0.1, -0.05) is 24.3 Å². The van der Waals surface area contributed by atoms with E-state index in [0.29, 0.717) is 12.1 Å². The molecule has 2 rings (SSSR count). The molecule has 8 heteroatoms. The van der Waals surface area contributed by atoms with Gasteiger partial charge in [-0.05, 0) is 41.8 Å². The van der Waals surface area contributed by atoms with Crippen LogP contribution < -0.4 is 15.8 Å². The molecule has 0 aromatic heterocycles. The summed E-state index contributed by atoms with van der Waals surface area (Å²) >= 11 is 0. The van der Waals surface area contributed by atoms with Crippen molar-refractivity contribution in [3.8, 4) is 5.75 Å². The van der Waals surface area contributed by atoms with E-state index in [4.69, 9.17) is 10.5 Å². The number of nitrogens with one attached hydrogen (secondary N) is 1. The van der Waals surface area contributed by atoms with Gasteiger partial charge in [-0.15, -0.1) is 24.0 Å². The van der Waals surface area contributed by atoms with Crippen LogP contribution in [0.15, 0.2) is 53.5 Å². The predicted octanol–water partition coefficient (Wildman–Crippen LogP) is 3.98. The van der Waals surface area contributed by atoms with E-state index in [0.717, 1.165) is 29.9 Å². The number of nitrogens with zero attached hydrogens (tertiary/aromatic N) is 1. The number of aliphatic imine (C=N–C) groups is 1. The van der Waals surface area contributed by atoms with Crippen molar-refractivity contribution < 1.29 is 17.9 Å². The summed E-state index contributed by atoms with van der Waals surface area (Å²) < 4.78 is 43.1. The van der Waals surface area contributed by atoms with Gasteiger partial charge in [0, 0.05) is 6.54 Å². The van der Waals surface area contributed by atoms with Crippen molar-refractivity contribution in [2.45, 2.75) is 19.1 Å². The smallest absolute Gasteiger partial charge is 0.416 e. The van der Waals surface area contributed by atoms with Gasteiger partial charge in [0.2, 0.25) is 0 Å². The van der Waals surface area contributed by atoms with Crippen LogP contribution in [0.4, 0.5) is 13.2 Å². The Kier molecular flexibility index (Phi) is 8.70. The lowest BCUT2D eigenvalue weighted by Crippen LogP contribution is -2.33. The Bertz CT molecular complexity index is 718. The predicted molar refractivity (Wildman–Crippen MR) is 107 cm³/mol. The molecular formula is C18H21F3IN3O. The van der Waals surface area contributed by atoms with Crippen LogP contribution in [-0.2, 0) is 19.1 Å². The lowest BCUT2D eigenvalue weighted by Gasteiger charge is -2.08. The van der Waals surface area contributed by atoms with E-state index in [1.165, 1.54) is 6.07 Å². The largest absolute Gasteiger partial charge is 0.497 e. The van der Waals surface area contributed by atoms with Gasteiger partial charge in [0.05, 0.1) is 19.2 Å². The number of alkyl halides is 3. The molecule has 0 radical (unpaired) electrons. The Morgan fingerprint density at radius 1 is 1.12 bits per heavy atom. The standard InChI is InChI=1S/C18H20F3N3O.HI/c1-25-16-7-5-13(6-8-16)9-10-23-17(22)24-12-14-3-2-4-15(11-14)18(19,20)21;/h2-8,11H,9-10,12H2,1H3,(H3,22,23,24);1H. The van der Waals surface area contributed by atoms with E-state index < -0.39 is 11.7 Å². The zero-order valence-corrected chi connectivity index (χ0v) is 16.5. The van der Waals surface area contributed by atoms with E-state index in [-0.39, 0.29) is 36.5 Å². The van der Waals surface area contributed by atoms with Gasteiger partial charge < -0.3 is 15.8 Å². The number of ether oxygens (including phenoxy) is 1. The Hall–Kier alpha value is -1.97. The number of benzene rings is 2. The Balaban J connectivity index is 0.00000338. The molecule has 0 saturated carbocycles. The third kappa shape index (κ3) is 7.11. The van der Waals surface area contributed by atoms with Crippen LogP contribution in [-0.4, -0.2) is 19.6 Å². The van der Waals surface area contributed by atoms with Crippen LogP contribution in [0.25, 0.3) is 0 Å². The molecule has 3 N–H and O–H groups in total. The number of hydrogen-bond acceptors (Lipinski definition) is 2. The summed E-state index contributed by atoms with van der Waals surface area (Å²) in [5.41, 5.74) is 6.63. The minimum absolute atomic E-state index is 0. The van der Waals surface area contributed by atoms with Gasteiger partial charge in [-0.3, -0.25) is 0 Å². The summed E-state index contributed by atoms with van der Waals surface area (Å²) in [6.45, 7) is 0.662. The molecular weight excluding hydrogens is 458 g/mol. The first-order chi connectivity index (χ1) is 11.9. The van der Waals surface area contributed by atoms with Crippen molar-refractivity contribution in [1.29, 1.82) is 0 Å². The number of nitrogens with two attached hydrogens (primary N) is 1. The van der Waals surface area contributed by atoms with Gasteiger partial charge >= 0.3 is 6.18 Å². The highest BCUT2D eigenvalue weighted by molar-refractivity contribution is 14.0. The van der Waals surface area contributed by atoms with E-state index in [1.807, 2.05) is 24.3 Å². The normalized spacial score (nSPS) is 11.6. The Morgan fingerprint density at radius 2 is 1.81 bits per heavy atom. The van der Waals surface area contributed by atoms with E-state index >= 15 is 0 Å². The van der Waals surface area contributed by atoms with E-state index in [1.54, 1.807) is 13.2 Å². The molecule has 0 heterocycles. The third-order valence-electron chi connectivity index (χ3n) is 3.57. The van der Waals surface area contributed by atoms with Crippen molar-refractivity contribution in [2.75, 3.05) is 13.7 Å². The molecule has 0 aliphatic heterocycles. The van der Waals surface area contributed by atoms with Crippen molar-refractivity contribution in [3.63, 3.8) is 0 Å². The molecule has 0 spiro atoms. The second kappa shape index (κ2) is 10.2. The first-order valence-electron chi connectivity index (χ1n) is 7.71. The second-order valence-corrected chi connectivity index (χ2v) is 5.42. The average Bonchev–Trinajstić information content (AvgIpc) is 2.60. The highest BCUT2D eigenvalue weighted by Crippen LogP contribution is 2.29.